The Kier molecular flexibility index (Phi) is 2.95. The molecule has 0 bridgehead atoms. The van der Waals surface area contributed by atoms with Crippen LogP contribution in [0.5, 0.6) is 0 Å². The molecule has 1 aliphatic rings. The largest absolute Gasteiger partial charge is 0.390 e. The highest BCUT2D eigenvalue weighted by atomic mass is 19.4. The summed E-state index contributed by atoms with van der Waals surface area (Å²) in [5, 5.41) is 0. The molecule has 12 heavy (non-hydrogen) atoms. The van der Waals surface area contributed by atoms with Gasteiger partial charge in [0, 0.05) is 12.6 Å². The molecule has 2 N–H and O–H groups in total. The molecule has 0 aromatic heterocycles. The molecule has 0 saturated carbocycles. The van der Waals surface area contributed by atoms with Gasteiger partial charge in [-0.1, -0.05) is 0 Å². The first-order valence-electron chi connectivity index (χ1n) is 3.93. The number of hydrogen-bond acceptors (Lipinski definition) is 2. The quantitative estimate of drug-likeness (QED) is 0.703. The number of alkyl halides is 3. The first-order valence-corrected chi connectivity index (χ1v) is 3.93. The smallest absolute Gasteiger partial charge is 0.377 e. The summed E-state index contributed by atoms with van der Waals surface area (Å²) in [6, 6.07) is -0.896. The fraction of sp³-hybridized carbons (Fsp3) is 1.00. The van der Waals surface area contributed by atoms with Gasteiger partial charge in [0.05, 0.1) is 12.5 Å². The van der Waals surface area contributed by atoms with E-state index in [0.29, 0.717) is 13.0 Å². The zero-order valence-electron chi connectivity index (χ0n) is 6.60. The van der Waals surface area contributed by atoms with Gasteiger partial charge in [0.1, 0.15) is 0 Å². The van der Waals surface area contributed by atoms with Gasteiger partial charge in [0.2, 0.25) is 0 Å². The lowest BCUT2D eigenvalue weighted by Gasteiger charge is -2.19. The van der Waals surface area contributed by atoms with E-state index in [-0.39, 0.29) is 0 Å². The van der Waals surface area contributed by atoms with E-state index < -0.39 is 24.7 Å². The van der Waals surface area contributed by atoms with E-state index in [0.717, 1.165) is 6.42 Å². The van der Waals surface area contributed by atoms with Crippen molar-refractivity contribution in [3.8, 4) is 0 Å². The van der Waals surface area contributed by atoms with Gasteiger partial charge in [-0.05, 0) is 12.8 Å². The Morgan fingerprint density at radius 2 is 2.17 bits per heavy atom. The van der Waals surface area contributed by atoms with Crippen molar-refractivity contribution < 1.29 is 17.9 Å². The number of halogens is 3. The molecule has 1 unspecified atom stereocenters. The molecule has 0 aromatic carbocycles. The molecule has 2 nitrogen and oxygen atoms in total. The summed E-state index contributed by atoms with van der Waals surface area (Å²) in [5.74, 6) is 0. The molecule has 5 heteroatoms. The summed E-state index contributed by atoms with van der Waals surface area (Å²) in [6.45, 7) is 0.538. The van der Waals surface area contributed by atoms with Crippen molar-refractivity contribution in [3.63, 3.8) is 0 Å². The van der Waals surface area contributed by atoms with Gasteiger partial charge in [0.15, 0.2) is 0 Å². The van der Waals surface area contributed by atoms with E-state index >= 15 is 0 Å². The normalized spacial score (nSPS) is 27.5. The average molecular weight is 183 g/mol. The van der Waals surface area contributed by atoms with Crippen LogP contribution in [-0.4, -0.2) is 24.9 Å². The zero-order chi connectivity index (χ0) is 9.19. The van der Waals surface area contributed by atoms with Crippen molar-refractivity contribution >= 4 is 0 Å². The second-order valence-electron chi connectivity index (χ2n) is 3.03. The Morgan fingerprint density at radius 3 is 2.58 bits per heavy atom. The molecular formula is C7H12F3NO. The lowest BCUT2D eigenvalue weighted by atomic mass is 10.1. The third-order valence-electron chi connectivity index (χ3n) is 1.91. The fourth-order valence-electron chi connectivity index (χ4n) is 1.34. The van der Waals surface area contributed by atoms with E-state index in [2.05, 4.69) is 0 Å². The second-order valence-corrected chi connectivity index (χ2v) is 3.03. The molecule has 0 radical (unpaired) electrons. The number of ether oxygens (including phenoxy) is 1. The van der Waals surface area contributed by atoms with Crippen LogP contribution in [0.2, 0.25) is 0 Å². The van der Waals surface area contributed by atoms with Crippen LogP contribution < -0.4 is 5.73 Å². The molecule has 1 fully saturated rings. The highest BCUT2D eigenvalue weighted by Crippen LogP contribution is 2.25. The molecule has 0 amide bonds. The maximum absolute atomic E-state index is 11.8. The maximum Gasteiger partial charge on any atom is 0.390 e. The minimum absolute atomic E-state index is 0.397. The Morgan fingerprint density at radius 1 is 1.50 bits per heavy atom. The number of rotatable bonds is 2. The van der Waals surface area contributed by atoms with E-state index in [1.54, 1.807) is 0 Å². The third kappa shape index (κ3) is 2.98. The van der Waals surface area contributed by atoms with E-state index in [4.69, 9.17) is 10.5 Å². The Labute approximate surface area is 68.9 Å². The van der Waals surface area contributed by atoms with Crippen molar-refractivity contribution in [2.45, 2.75) is 37.6 Å². The molecule has 0 aliphatic carbocycles. The standard InChI is InChI=1S/C7H12F3NO/c8-7(9,10)4-5(11)6-2-1-3-12-6/h5-6H,1-4,11H2/t5-,6?/m0/s1. The minimum atomic E-state index is -4.18. The van der Waals surface area contributed by atoms with Crippen LogP contribution in [0.3, 0.4) is 0 Å². The third-order valence-corrected chi connectivity index (χ3v) is 1.91. The predicted octanol–water partition coefficient (Wildman–Crippen LogP) is 1.45. The van der Waals surface area contributed by atoms with Crippen molar-refractivity contribution in [2.75, 3.05) is 6.61 Å². The summed E-state index contributed by atoms with van der Waals surface area (Å²) >= 11 is 0. The van der Waals surface area contributed by atoms with Crippen LogP contribution in [0, 0.1) is 0 Å². The highest BCUT2D eigenvalue weighted by Gasteiger charge is 2.35. The molecular weight excluding hydrogens is 171 g/mol. The van der Waals surface area contributed by atoms with Crippen LogP contribution in [0.25, 0.3) is 0 Å². The predicted molar refractivity (Wildman–Crippen MR) is 37.6 cm³/mol. The molecule has 0 aromatic rings. The van der Waals surface area contributed by atoms with Crippen LogP contribution in [0.15, 0.2) is 0 Å². The topological polar surface area (TPSA) is 35.2 Å². The summed E-state index contributed by atoms with van der Waals surface area (Å²) in [7, 11) is 0. The van der Waals surface area contributed by atoms with Gasteiger partial charge in [-0.25, -0.2) is 0 Å². The van der Waals surface area contributed by atoms with Gasteiger partial charge in [0.25, 0.3) is 0 Å². The number of nitrogens with two attached hydrogens (primary N) is 1. The summed E-state index contributed by atoms with van der Waals surface area (Å²) in [5.41, 5.74) is 5.32. The van der Waals surface area contributed by atoms with Gasteiger partial charge in [-0.3, -0.25) is 0 Å². The molecule has 1 saturated heterocycles. The Hall–Kier alpha value is -0.290. The van der Waals surface area contributed by atoms with Crippen LogP contribution >= 0.6 is 0 Å². The molecule has 0 spiro atoms. The van der Waals surface area contributed by atoms with Gasteiger partial charge >= 0.3 is 6.18 Å². The monoisotopic (exact) mass is 183 g/mol. The van der Waals surface area contributed by atoms with Crippen molar-refractivity contribution in [1.82, 2.24) is 0 Å². The van der Waals surface area contributed by atoms with Gasteiger partial charge < -0.3 is 10.5 Å². The van der Waals surface area contributed by atoms with Gasteiger partial charge in [-0.2, -0.15) is 13.2 Å². The van der Waals surface area contributed by atoms with Crippen LogP contribution in [-0.2, 0) is 4.74 Å². The Balaban J connectivity index is 2.31. The van der Waals surface area contributed by atoms with Gasteiger partial charge in [-0.15, -0.1) is 0 Å². The highest BCUT2D eigenvalue weighted by molar-refractivity contribution is 4.79. The van der Waals surface area contributed by atoms with Crippen LogP contribution in [0.1, 0.15) is 19.3 Å². The second kappa shape index (κ2) is 3.62. The fourth-order valence-corrected chi connectivity index (χ4v) is 1.34. The lowest BCUT2D eigenvalue weighted by Crippen LogP contribution is -2.38. The molecule has 1 rings (SSSR count). The Bertz CT molecular complexity index is 142. The lowest BCUT2D eigenvalue weighted by molar-refractivity contribution is -0.144. The summed E-state index contributed by atoms with van der Waals surface area (Å²) in [6.07, 6.45) is -4.05. The number of hydrogen-bond donors (Lipinski definition) is 1. The maximum atomic E-state index is 11.8. The average Bonchev–Trinajstić information content (AvgIpc) is 2.32. The molecule has 1 aliphatic heterocycles. The van der Waals surface area contributed by atoms with Crippen molar-refractivity contribution in [3.05, 3.63) is 0 Å². The van der Waals surface area contributed by atoms with Crippen molar-refractivity contribution in [1.29, 1.82) is 0 Å². The van der Waals surface area contributed by atoms with Crippen LogP contribution in [0.4, 0.5) is 13.2 Å². The SMILES string of the molecule is N[C@@H](CC(F)(F)F)C1CCCO1. The van der Waals surface area contributed by atoms with E-state index in [9.17, 15) is 13.2 Å². The summed E-state index contributed by atoms with van der Waals surface area (Å²) < 4.78 is 40.5. The van der Waals surface area contributed by atoms with E-state index in [1.165, 1.54) is 0 Å². The van der Waals surface area contributed by atoms with Crippen molar-refractivity contribution in [2.24, 2.45) is 5.73 Å². The summed E-state index contributed by atoms with van der Waals surface area (Å²) in [4.78, 5) is 0. The first kappa shape index (κ1) is 9.80. The zero-order valence-corrected chi connectivity index (χ0v) is 6.60. The molecule has 72 valence electrons. The molecule has 1 heterocycles. The minimum Gasteiger partial charge on any atom is -0.377 e. The van der Waals surface area contributed by atoms with E-state index in [1.807, 2.05) is 0 Å². The molecule has 2 atom stereocenters. The first-order chi connectivity index (χ1) is 5.49.